The minimum Gasteiger partial charge on any atom is -0.476 e. The molecule has 2 aromatic heterocycles. The van der Waals surface area contributed by atoms with Gasteiger partial charge in [-0.15, -0.1) is 0 Å². The Labute approximate surface area is 199 Å². The van der Waals surface area contributed by atoms with Crippen LogP contribution in [0.5, 0.6) is 0 Å². The molecule has 0 spiro atoms. The van der Waals surface area contributed by atoms with Crippen molar-refractivity contribution in [3.8, 4) is 11.3 Å². The number of aryl methyl sites for hydroxylation is 2. The quantitative estimate of drug-likeness (QED) is 0.353. The molecule has 0 radical (unpaired) electrons. The summed E-state index contributed by atoms with van der Waals surface area (Å²) in [5.41, 5.74) is 4.04. The van der Waals surface area contributed by atoms with Crippen molar-refractivity contribution in [2.75, 3.05) is 5.32 Å². The number of hydrogen-bond acceptors (Lipinski definition) is 5. The van der Waals surface area contributed by atoms with Crippen molar-refractivity contribution in [1.82, 2.24) is 4.98 Å². The molecule has 0 saturated carbocycles. The van der Waals surface area contributed by atoms with E-state index in [4.69, 9.17) is 16.0 Å². The van der Waals surface area contributed by atoms with Crippen LogP contribution in [0.15, 0.2) is 51.7 Å². The average molecular weight is 479 g/mol. The van der Waals surface area contributed by atoms with Crippen molar-refractivity contribution < 1.29 is 18.7 Å². The number of hydrogen-bond donors (Lipinski definition) is 2. The molecule has 1 aliphatic rings. The molecule has 0 bridgehead atoms. The van der Waals surface area contributed by atoms with Gasteiger partial charge in [0.05, 0.1) is 17.1 Å². The molecule has 0 amide bonds. The summed E-state index contributed by atoms with van der Waals surface area (Å²) < 4.78 is 20.1. The zero-order valence-electron chi connectivity index (χ0n) is 18.4. The molecule has 6 nitrogen and oxygen atoms in total. The lowest BCUT2D eigenvalue weighted by Crippen LogP contribution is -2.18. The topological polar surface area (TPSA) is 92.4 Å². The molecule has 5 rings (SSSR count). The molecule has 0 fully saturated rings. The fraction of sp³-hybridized carbons (Fsp3) is 0.192. The van der Waals surface area contributed by atoms with E-state index in [1.54, 1.807) is 18.2 Å². The number of halogens is 2. The van der Waals surface area contributed by atoms with E-state index < -0.39 is 12.0 Å². The number of aromatic carboxylic acids is 1. The number of rotatable bonds is 4. The first-order chi connectivity index (χ1) is 16.2. The third-order valence-electron chi connectivity index (χ3n) is 6.12. The third-order valence-corrected chi connectivity index (χ3v) is 6.33. The van der Waals surface area contributed by atoms with Crippen molar-refractivity contribution in [2.45, 2.75) is 32.7 Å². The highest BCUT2D eigenvalue weighted by molar-refractivity contribution is 6.29. The number of pyridine rings is 1. The van der Waals surface area contributed by atoms with Crippen LogP contribution >= 0.6 is 11.6 Å². The first kappa shape index (κ1) is 22.1. The Balaban J connectivity index is 1.68. The first-order valence-corrected chi connectivity index (χ1v) is 11.2. The van der Waals surface area contributed by atoms with Crippen LogP contribution in [0, 0.1) is 12.7 Å². The van der Waals surface area contributed by atoms with Crippen molar-refractivity contribution >= 4 is 34.2 Å². The lowest BCUT2D eigenvalue weighted by molar-refractivity contribution is 0.0691. The summed E-state index contributed by atoms with van der Waals surface area (Å²) in [6.45, 7) is 3.73. The lowest BCUT2D eigenvalue weighted by atomic mass is 9.88. The van der Waals surface area contributed by atoms with E-state index in [1.807, 2.05) is 19.9 Å². The Hall–Kier alpha value is -3.71. The highest BCUT2D eigenvalue weighted by atomic mass is 35.5. The summed E-state index contributed by atoms with van der Waals surface area (Å²) in [6.07, 6.45) is 1.04. The second-order valence-corrected chi connectivity index (χ2v) is 8.86. The summed E-state index contributed by atoms with van der Waals surface area (Å²) in [4.78, 5) is 29.0. The Morgan fingerprint density at radius 1 is 1.21 bits per heavy atom. The Morgan fingerprint density at radius 2 is 2.00 bits per heavy atom. The van der Waals surface area contributed by atoms with Gasteiger partial charge < -0.3 is 14.8 Å². The molecule has 0 unspecified atom stereocenters. The van der Waals surface area contributed by atoms with Crippen molar-refractivity contribution in [2.24, 2.45) is 0 Å². The highest BCUT2D eigenvalue weighted by Crippen LogP contribution is 2.37. The molecule has 1 aliphatic carbocycles. The van der Waals surface area contributed by atoms with Gasteiger partial charge in [-0.2, -0.15) is 0 Å². The van der Waals surface area contributed by atoms with Gasteiger partial charge in [0.25, 0.3) is 0 Å². The van der Waals surface area contributed by atoms with E-state index >= 15 is 0 Å². The maximum absolute atomic E-state index is 13.8. The molecular weight excluding hydrogens is 459 g/mol. The summed E-state index contributed by atoms with van der Waals surface area (Å²) in [5.74, 6) is -1.09. The van der Waals surface area contributed by atoms with E-state index in [9.17, 15) is 19.1 Å². The van der Waals surface area contributed by atoms with Gasteiger partial charge in [-0.25, -0.2) is 14.2 Å². The Kier molecular flexibility index (Phi) is 5.37. The van der Waals surface area contributed by atoms with Crippen LogP contribution in [0.2, 0.25) is 5.15 Å². The SMILES string of the molecule is Cc1cc([C@@H](C)Nc2ccc(Cl)nc2C(=O)O)c2oc3c(c(=O)c2c1)CCc1cc(F)ccc1-3. The smallest absolute Gasteiger partial charge is 0.356 e. The molecule has 2 N–H and O–H groups in total. The Morgan fingerprint density at radius 3 is 2.76 bits per heavy atom. The number of anilines is 1. The number of fused-ring (bicyclic) bond motifs is 4. The van der Waals surface area contributed by atoms with E-state index in [2.05, 4.69) is 10.3 Å². The second-order valence-electron chi connectivity index (χ2n) is 8.47. The molecule has 1 atom stereocenters. The zero-order chi connectivity index (χ0) is 24.1. The number of aromatic nitrogens is 1. The summed E-state index contributed by atoms with van der Waals surface area (Å²) in [5, 5.41) is 13.2. The van der Waals surface area contributed by atoms with Gasteiger partial charge in [0.2, 0.25) is 0 Å². The van der Waals surface area contributed by atoms with Crippen LogP contribution in [0.4, 0.5) is 10.1 Å². The number of carbonyl (C=O) groups is 1. The fourth-order valence-electron chi connectivity index (χ4n) is 4.56. The minimum absolute atomic E-state index is 0.0735. The van der Waals surface area contributed by atoms with Gasteiger partial charge in [-0.1, -0.05) is 17.7 Å². The standard InChI is InChI=1S/C26H20ClFN2O4/c1-12-9-18(13(2)29-20-7-8-21(27)30-22(20)26(32)33)25-19(10-12)23(31)17-5-3-14-11-15(28)4-6-16(14)24(17)34-25/h4,6-11,13,29H,3,5H2,1-2H3,(H,32,33)/t13-/m1/s1. The van der Waals surface area contributed by atoms with E-state index in [0.717, 1.165) is 11.1 Å². The second kappa shape index (κ2) is 8.25. The number of nitrogens with one attached hydrogen (secondary N) is 1. The van der Waals surface area contributed by atoms with Crippen LogP contribution < -0.4 is 10.7 Å². The van der Waals surface area contributed by atoms with Crippen molar-refractivity contribution in [1.29, 1.82) is 0 Å². The van der Waals surface area contributed by atoms with Crippen LogP contribution in [0.1, 0.15) is 45.7 Å². The van der Waals surface area contributed by atoms with Crippen LogP contribution in [-0.2, 0) is 12.8 Å². The van der Waals surface area contributed by atoms with Gasteiger partial charge in [-0.05, 0) is 74.2 Å². The van der Waals surface area contributed by atoms with Gasteiger partial charge in [-0.3, -0.25) is 4.79 Å². The highest BCUT2D eigenvalue weighted by Gasteiger charge is 2.26. The lowest BCUT2D eigenvalue weighted by Gasteiger charge is -2.22. The van der Waals surface area contributed by atoms with E-state index in [1.165, 1.54) is 18.2 Å². The number of carboxylic acid groups (broad SMARTS) is 1. The van der Waals surface area contributed by atoms with Crippen molar-refractivity contribution in [3.63, 3.8) is 0 Å². The fourth-order valence-corrected chi connectivity index (χ4v) is 4.70. The molecule has 8 heteroatoms. The molecule has 0 aliphatic heterocycles. The zero-order valence-corrected chi connectivity index (χ0v) is 19.2. The van der Waals surface area contributed by atoms with Gasteiger partial charge in [0.1, 0.15) is 22.3 Å². The van der Waals surface area contributed by atoms with Crippen LogP contribution in [0.25, 0.3) is 22.3 Å². The summed E-state index contributed by atoms with van der Waals surface area (Å²) in [7, 11) is 0. The largest absolute Gasteiger partial charge is 0.476 e. The molecule has 2 aromatic carbocycles. The molecule has 34 heavy (non-hydrogen) atoms. The Bertz CT molecular complexity index is 1550. The molecule has 2 heterocycles. The monoisotopic (exact) mass is 478 g/mol. The number of carboxylic acids is 1. The normalized spacial score (nSPS) is 13.3. The van der Waals surface area contributed by atoms with Crippen LogP contribution in [-0.4, -0.2) is 16.1 Å². The van der Waals surface area contributed by atoms with E-state index in [-0.39, 0.29) is 22.1 Å². The maximum Gasteiger partial charge on any atom is 0.356 e. The number of benzene rings is 2. The minimum atomic E-state index is -1.21. The molecular formula is C26H20ClFN2O4. The predicted octanol–water partition coefficient (Wildman–Crippen LogP) is 5.93. The van der Waals surface area contributed by atoms with Gasteiger partial charge >= 0.3 is 5.97 Å². The molecule has 4 aromatic rings. The summed E-state index contributed by atoms with van der Waals surface area (Å²) in [6, 6.07) is 10.8. The summed E-state index contributed by atoms with van der Waals surface area (Å²) >= 11 is 5.87. The number of nitrogens with zero attached hydrogens (tertiary/aromatic N) is 1. The van der Waals surface area contributed by atoms with Crippen LogP contribution in [0.3, 0.4) is 0 Å². The molecule has 0 saturated heterocycles. The van der Waals surface area contributed by atoms with Gasteiger partial charge in [0, 0.05) is 16.7 Å². The van der Waals surface area contributed by atoms with Gasteiger partial charge in [0.15, 0.2) is 11.1 Å². The third kappa shape index (κ3) is 3.72. The van der Waals surface area contributed by atoms with Crippen molar-refractivity contribution in [3.05, 3.63) is 91.6 Å². The average Bonchev–Trinajstić information content (AvgIpc) is 2.79. The molecule has 172 valence electrons. The van der Waals surface area contributed by atoms with E-state index in [0.29, 0.717) is 51.9 Å². The first-order valence-electron chi connectivity index (χ1n) is 10.8. The maximum atomic E-state index is 13.8. The predicted molar refractivity (Wildman–Crippen MR) is 128 cm³/mol.